The van der Waals surface area contributed by atoms with Crippen molar-refractivity contribution in [1.82, 2.24) is 20.2 Å². The van der Waals surface area contributed by atoms with E-state index in [9.17, 15) is 0 Å². The number of H-pyrrole nitrogens is 1. The highest BCUT2D eigenvalue weighted by atomic mass is 16.5. The lowest BCUT2D eigenvalue weighted by Crippen LogP contribution is -2.02. The Morgan fingerprint density at radius 3 is 2.70 bits per heavy atom. The number of aromatic nitrogens is 4. The number of hydrogen-bond acceptors (Lipinski definition) is 7. The first-order valence-electron chi connectivity index (χ1n) is 8.23. The Balaban J connectivity index is 1.81. The van der Waals surface area contributed by atoms with Crippen LogP contribution in [-0.4, -0.2) is 34.4 Å². The molecule has 4 rings (SSSR count). The van der Waals surface area contributed by atoms with Gasteiger partial charge in [0.15, 0.2) is 11.5 Å². The van der Waals surface area contributed by atoms with E-state index < -0.39 is 0 Å². The zero-order chi connectivity index (χ0) is 18.8. The number of methoxy groups -OCH3 is 2. The molecule has 2 aromatic carbocycles. The SMILES string of the molecule is COc1ccc(-c2cnc(N)nc2Nc2cccc3[nH]ncc23)cc1OC. The fourth-order valence-electron chi connectivity index (χ4n) is 2.91. The molecule has 0 radical (unpaired) electrons. The van der Waals surface area contributed by atoms with Crippen LogP contribution in [-0.2, 0) is 0 Å². The number of rotatable bonds is 5. The minimum Gasteiger partial charge on any atom is -0.493 e. The molecule has 4 aromatic rings. The quantitative estimate of drug-likeness (QED) is 0.499. The maximum atomic E-state index is 5.83. The van der Waals surface area contributed by atoms with Crippen LogP contribution in [0.25, 0.3) is 22.0 Å². The molecule has 0 saturated heterocycles. The molecule has 0 amide bonds. The molecule has 0 atom stereocenters. The van der Waals surface area contributed by atoms with Crippen molar-refractivity contribution in [3.8, 4) is 22.6 Å². The van der Waals surface area contributed by atoms with Crippen LogP contribution in [0.3, 0.4) is 0 Å². The van der Waals surface area contributed by atoms with Crippen LogP contribution in [0, 0.1) is 0 Å². The lowest BCUT2D eigenvalue weighted by atomic mass is 10.1. The van der Waals surface area contributed by atoms with Crippen molar-refractivity contribution in [2.45, 2.75) is 0 Å². The Hall–Kier alpha value is -3.81. The average Bonchev–Trinajstić information content (AvgIpc) is 3.17. The Morgan fingerprint density at radius 2 is 1.89 bits per heavy atom. The topological polar surface area (TPSA) is 111 Å². The summed E-state index contributed by atoms with van der Waals surface area (Å²) in [4.78, 5) is 8.53. The van der Waals surface area contributed by atoms with E-state index in [1.54, 1.807) is 26.6 Å². The predicted molar refractivity (Wildman–Crippen MR) is 104 cm³/mol. The van der Waals surface area contributed by atoms with E-state index in [4.69, 9.17) is 15.2 Å². The maximum Gasteiger partial charge on any atom is 0.221 e. The molecule has 0 bridgehead atoms. The molecule has 0 aliphatic rings. The van der Waals surface area contributed by atoms with Crippen molar-refractivity contribution in [2.75, 3.05) is 25.3 Å². The molecule has 27 heavy (non-hydrogen) atoms. The predicted octanol–water partition coefficient (Wildman–Crippen LogP) is 3.36. The van der Waals surface area contributed by atoms with Crippen LogP contribution in [0.1, 0.15) is 0 Å². The first kappa shape index (κ1) is 16.6. The summed E-state index contributed by atoms with van der Waals surface area (Å²) in [6.07, 6.45) is 3.44. The lowest BCUT2D eigenvalue weighted by Gasteiger charge is -2.14. The summed E-state index contributed by atoms with van der Waals surface area (Å²) in [6, 6.07) is 11.5. The largest absolute Gasteiger partial charge is 0.493 e. The number of hydrogen-bond donors (Lipinski definition) is 3. The number of fused-ring (bicyclic) bond motifs is 1. The zero-order valence-electron chi connectivity index (χ0n) is 14.9. The number of nitrogens with one attached hydrogen (secondary N) is 2. The second-order valence-corrected chi connectivity index (χ2v) is 5.82. The third-order valence-electron chi connectivity index (χ3n) is 4.24. The average molecular weight is 362 g/mol. The summed E-state index contributed by atoms with van der Waals surface area (Å²) in [7, 11) is 3.20. The summed E-state index contributed by atoms with van der Waals surface area (Å²) in [6.45, 7) is 0. The van der Waals surface area contributed by atoms with Crippen molar-refractivity contribution in [1.29, 1.82) is 0 Å². The van der Waals surface area contributed by atoms with Gasteiger partial charge in [-0.2, -0.15) is 10.1 Å². The highest BCUT2D eigenvalue weighted by molar-refractivity contribution is 5.94. The van der Waals surface area contributed by atoms with Crippen LogP contribution in [0.2, 0.25) is 0 Å². The smallest absolute Gasteiger partial charge is 0.221 e. The van der Waals surface area contributed by atoms with Crippen molar-refractivity contribution in [3.63, 3.8) is 0 Å². The first-order chi connectivity index (χ1) is 13.2. The molecule has 0 unspecified atom stereocenters. The molecule has 8 nitrogen and oxygen atoms in total. The lowest BCUT2D eigenvalue weighted by molar-refractivity contribution is 0.355. The van der Waals surface area contributed by atoms with Gasteiger partial charge in [-0.05, 0) is 29.8 Å². The number of anilines is 3. The highest BCUT2D eigenvalue weighted by Crippen LogP contribution is 2.36. The number of aromatic amines is 1. The monoisotopic (exact) mass is 362 g/mol. The number of nitrogens with two attached hydrogens (primary N) is 1. The fourth-order valence-corrected chi connectivity index (χ4v) is 2.91. The van der Waals surface area contributed by atoms with Gasteiger partial charge in [-0.3, -0.25) is 5.10 Å². The van der Waals surface area contributed by atoms with Gasteiger partial charge >= 0.3 is 0 Å². The van der Waals surface area contributed by atoms with E-state index in [1.807, 2.05) is 36.4 Å². The first-order valence-corrected chi connectivity index (χ1v) is 8.23. The summed E-state index contributed by atoms with van der Waals surface area (Å²) < 4.78 is 10.7. The molecule has 2 aromatic heterocycles. The third-order valence-corrected chi connectivity index (χ3v) is 4.24. The van der Waals surface area contributed by atoms with Gasteiger partial charge < -0.3 is 20.5 Å². The molecule has 4 N–H and O–H groups in total. The Labute approximate surface area is 155 Å². The van der Waals surface area contributed by atoms with Gasteiger partial charge in [-0.1, -0.05) is 12.1 Å². The van der Waals surface area contributed by atoms with Crippen molar-refractivity contribution < 1.29 is 9.47 Å². The van der Waals surface area contributed by atoms with Crippen molar-refractivity contribution in [2.24, 2.45) is 0 Å². The molecular formula is C19H18N6O2. The standard InChI is InChI=1S/C19H18N6O2/c1-26-16-7-6-11(8-17(16)27-2)12-9-21-19(20)24-18(12)23-14-4-3-5-15-13(14)10-22-25-15/h3-10H,1-2H3,(H,22,25)(H3,20,21,23,24). The second-order valence-electron chi connectivity index (χ2n) is 5.82. The normalized spacial score (nSPS) is 10.7. The minimum absolute atomic E-state index is 0.182. The molecule has 8 heteroatoms. The number of benzene rings is 2. The number of nitrogen functional groups attached to an aromatic ring is 1. The Bertz CT molecular complexity index is 1110. The van der Waals surface area contributed by atoms with Gasteiger partial charge in [0.2, 0.25) is 5.95 Å². The number of nitrogens with zero attached hydrogens (tertiary/aromatic N) is 3. The van der Waals surface area contributed by atoms with E-state index in [0.29, 0.717) is 17.3 Å². The van der Waals surface area contributed by atoms with E-state index in [-0.39, 0.29) is 5.95 Å². The summed E-state index contributed by atoms with van der Waals surface area (Å²) in [5, 5.41) is 11.3. The van der Waals surface area contributed by atoms with E-state index in [0.717, 1.165) is 27.7 Å². The highest BCUT2D eigenvalue weighted by Gasteiger charge is 2.13. The molecule has 0 fully saturated rings. The van der Waals surface area contributed by atoms with Crippen molar-refractivity contribution >= 4 is 28.4 Å². The minimum atomic E-state index is 0.182. The second kappa shape index (κ2) is 6.83. The van der Waals surface area contributed by atoms with Gasteiger partial charge in [0.1, 0.15) is 5.82 Å². The van der Waals surface area contributed by atoms with Gasteiger partial charge in [-0.15, -0.1) is 0 Å². The van der Waals surface area contributed by atoms with Crippen LogP contribution >= 0.6 is 0 Å². The molecule has 2 heterocycles. The van der Waals surface area contributed by atoms with Crippen LogP contribution in [0.15, 0.2) is 48.8 Å². The summed E-state index contributed by atoms with van der Waals surface area (Å²) in [5.74, 6) is 2.04. The Kier molecular flexibility index (Phi) is 4.21. The summed E-state index contributed by atoms with van der Waals surface area (Å²) in [5.41, 5.74) is 9.27. The molecule has 0 aliphatic carbocycles. The molecule has 0 saturated carbocycles. The molecular weight excluding hydrogens is 344 g/mol. The van der Waals surface area contributed by atoms with Crippen LogP contribution in [0.4, 0.5) is 17.5 Å². The van der Waals surface area contributed by atoms with E-state index in [2.05, 4.69) is 25.5 Å². The molecule has 0 spiro atoms. The Morgan fingerprint density at radius 1 is 1.04 bits per heavy atom. The summed E-state index contributed by atoms with van der Waals surface area (Å²) >= 11 is 0. The van der Waals surface area contributed by atoms with Crippen LogP contribution < -0.4 is 20.5 Å². The van der Waals surface area contributed by atoms with Gasteiger partial charge in [0, 0.05) is 17.1 Å². The van der Waals surface area contributed by atoms with E-state index in [1.165, 1.54) is 0 Å². The molecule has 136 valence electrons. The molecule has 0 aliphatic heterocycles. The van der Waals surface area contributed by atoms with Crippen molar-refractivity contribution in [3.05, 3.63) is 48.8 Å². The van der Waals surface area contributed by atoms with Gasteiger partial charge in [-0.25, -0.2) is 4.98 Å². The maximum absolute atomic E-state index is 5.83. The zero-order valence-corrected chi connectivity index (χ0v) is 14.9. The fraction of sp³-hybridized carbons (Fsp3) is 0.105. The van der Waals surface area contributed by atoms with Gasteiger partial charge in [0.05, 0.1) is 31.6 Å². The van der Waals surface area contributed by atoms with E-state index >= 15 is 0 Å². The number of ether oxygens (including phenoxy) is 2. The van der Waals surface area contributed by atoms with Crippen LogP contribution in [0.5, 0.6) is 11.5 Å². The van der Waals surface area contributed by atoms with Gasteiger partial charge in [0.25, 0.3) is 0 Å². The third kappa shape index (κ3) is 3.08.